The molecule has 202 valence electrons. The topological polar surface area (TPSA) is 151 Å². The van der Waals surface area contributed by atoms with E-state index in [9.17, 15) is 14.4 Å². The van der Waals surface area contributed by atoms with Gasteiger partial charge in [0.2, 0.25) is 11.8 Å². The molecular formula is C28H29N5O5S. The summed E-state index contributed by atoms with van der Waals surface area (Å²) in [5, 5.41) is 16.7. The number of likely N-dealkylation sites (tertiary alicyclic amines) is 1. The van der Waals surface area contributed by atoms with Crippen molar-refractivity contribution in [3.8, 4) is 0 Å². The van der Waals surface area contributed by atoms with Gasteiger partial charge in [-0.25, -0.2) is 0 Å². The number of carbonyl (C=O) groups is 3. The first-order valence-electron chi connectivity index (χ1n) is 12.5. The molecule has 0 bridgehead atoms. The van der Waals surface area contributed by atoms with Crippen LogP contribution in [-0.4, -0.2) is 60.8 Å². The average Bonchev–Trinajstić information content (AvgIpc) is 3.68. The molecule has 5 N–H and O–H groups in total. The molecule has 39 heavy (non-hydrogen) atoms. The molecule has 3 atom stereocenters. The molecule has 1 aliphatic heterocycles. The Bertz CT molecular complexity index is 1580. The first-order chi connectivity index (χ1) is 18.7. The van der Waals surface area contributed by atoms with Gasteiger partial charge in [0.15, 0.2) is 0 Å². The van der Waals surface area contributed by atoms with Crippen LogP contribution < -0.4 is 16.4 Å². The van der Waals surface area contributed by atoms with Crippen LogP contribution in [0.1, 0.15) is 40.2 Å². The summed E-state index contributed by atoms with van der Waals surface area (Å²) >= 11 is 1.40. The second-order valence-electron chi connectivity index (χ2n) is 9.53. The van der Waals surface area contributed by atoms with Crippen LogP contribution in [0.15, 0.2) is 58.3 Å². The van der Waals surface area contributed by atoms with Crippen LogP contribution in [-0.2, 0) is 14.3 Å². The first kappa shape index (κ1) is 26.4. The highest BCUT2D eigenvalue weighted by Crippen LogP contribution is 2.29. The Hall–Kier alpha value is -4.22. The summed E-state index contributed by atoms with van der Waals surface area (Å²) in [5.41, 5.74) is 7.97. The van der Waals surface area contributed by atoms with Crippen LogP contribution in [0.25, 0.3) is 21.9 Å². The van der Waals surface area contributed by atoms with Crippen LogP contribution in [0, 0.1) is 5.41 Å². The van der Waals surface area contributed by atoms with Gasteiger partial charge in [-0.05, 0) is 37.3 Å². The number of fused-ring (bicyclic) bond motifs is 3. The van der Waals surface area contributed by atoms with E-state index in [0.29, 0.717) is 23.1 Å². The van der Waals surface area contributed by atoms with Crippen molar-refractivity contribution >= 4 is 56.8 Å². The zero-order chi connectivity index (χ0) is 27.7. The summed E-state index contributed by atoms with van der Waals surface area (Å²) in [4.78, 5) is 41.6. The Kier molecular flexibility index (Phi) is 7.36. The summed E-state index contributed by atoms with van der Waals surface area (Å²) in [5.74, 6) is -1.12. The third-order valence-electron chi connectivity index (χ3n) is 6.97. The van der Waals surface area contributed by atoms with Crippen LogP contribution in [0.4, 0.5) is 0 Å². The lowest BCUT2D eigenvalue weighted by atomic mass is 10.1. The number of amides is 3. The van der Waals surface area contributed by atoms with E-state index in [-0.39, 0.29) is 42.9 Å². The maximum atomic E-state index is 13.2. The van der Waals surface area contributed by atoms with Crippen molar-refractivity contribution in [1.82, 2.24) is 15.5 Å². The number of thiophene rings is 1. The van der Waals surface area contributed by atoms with Gasteiger partial charge >= 0.3 is 0 Å². The van der Waals surface area contributed by atoms with Crippen molar-refractivity contribution in [1.29, 1.82) is 5.41 Å². The minimum Gasteiger partial charge on any atom is -0.456 e. The van der Waals surface area contributed by atoms with E-state index in [0.717, 1.165) is 21.2 Å². The number of amidine groups is 1. The number of nitrogens with zero attached hydrogens (tertiary/aromatic N) is 1. The van der Waals surface area contributed by atoms with E-state index in [2.05, 4.69) is 10.6 Å². The zero-order valence-electron chi connectivity index (χ0n) is 21.5. The normalized spacial score (nSPS) is 17.8. The van der Waals surface area contributed by atoms with Gasteiger partial charge in [0.25, 0.3) is 5.91 Å². The molecule has 0 radical (unpaired) electrons. The first-order valence-corrected chi connectivity index (χ1v) is 13.4. The van der Waals surface area contributed by atoms with Gasteiger partial charge in [-0.1, -0.05) is 18.2 Å². The molecule has 10 nitrogen and oxygen atoms in total. The van der Waals surface area contributed by atoms with Gasteiger partial charge in [0.1, 0.15) is 23.0 Å². The third kappa shape index (κ3) is 5.36. The van der Waals surface area contributed by atoms with E-state index in [1.807, 2.05) is 31.2 Å². The Morgan fingerprint density at radius 3 is 2.67 bits per heavy atom. The summed E-state index contributed by atoms with van der Waals surface area (Å²) in [6.45, 7) is 1.83. The fourth-order valence-electron chi connectivity index (χ4n) is 4.82. The minimum atomic E-state index is -0.734. The Morgan fingerprint density at radius 2 is 1.92 bits per heavy atom. The largest absolute Gasteiger partial charge is 0.456 e. The summed E-state index contributed by atoms with van der Waals surface area (Å²) in [7, 11) is 1.54. The maximum Gasteiger partial charge on any atom is 0.251 e. The molecule has 1 unspecified atom stereocenters. The van der Waals surface area contributed by atoms with Crippen LogP contribution in [0.2, 0.25) is 0 Å². The third-order valence-corrected chi connectivity index (χ3v) is 8.09. The molecule has 2 aromatic carbocycles. The quantitative estimate of drug-likeness (QED) is 0.197. The fourth-order valence-corrected chi connectivity index (χ4v) is 5.74. The van der Waals surface area contributed by atoms with E-state index in [1.54, 1.807) is 36.8 Å². The van der Waals surface area contributed by atoms with Crippen molar-refractivity contribution in [2.24, 2.45) is 5.73 Å². The number of benzene rings is 2. The number of carbonyl (C=O) groups excluding carboxylic acids is 3. The van der Waals surface area contributed by atoms with Crippen molar-refractivity contribution in [2.45, 2.75) is 31.5 Å². The molecule has 0 saturated carbocycles. The number of hydrogen-bond acceptors (Lipinski definition) is 7. The molecule has 11 heteroatoms. The number of nitrogen functional groups attached to an aromatic ring is 1. The molecule has 2 aromatic heterocycles. The number of nitrogens with one attached hydrogen (secondary N) is 3. The summed E-state index contributed by atoms with van der Waals surface area (Å²) in [6, 6.07) is 13.4. The van der Waals surface area contributed by atoms with Gasteiger partial charge in [-0.2, -0.15) is 0 Å². The molecule has 0 spiro atoms. The van der Waals surface area contributed by atoms with E-state index in [1.165, 1.54) is 16.2 Å². The SMILES string of the molecule is CO[C@@H]1C[C@@H](C(=O)NC(C)c2cc(C(=N)N)cs2)N(C(=O)CNC(=O)c2ccc3oc4ccccc4c3c2)C1. The van der Waals surface area contributed by atoms with Crippen molar-refractivity contribution in [2.75, 3.05) is 20.2 Å². The molecular weight excluding hydrogens is 518 g/mol. The lowest BCUT2D eigenvalue weighted by molar-refractivity contribution is -0.138. The summed E-state index contributed by atoms with van der Waals surface area (Å²) in [6.07, 6.45) is 0.0563. The van der Waals surface area contributed by atoms with Crippen molar-refractivity contribution in [3.05, 3.63) is 69.9 Å². The van der Waals surface area contributed by atoms with E-state index in [4.69, 9.17) is 20.3 Å². The maximum absolute atomic E-state index is 13.2. The molecule has 1 fully saturated rings. The van der Waals surface area contributed by atoms with Crippen LogP contribution >= 0.6 is 11.3 Å². The fraction of sp³-hybridized carbons (Fsp3) is 0.286. The second-order valence-corrected chi connectivity index (χ2v) is 10.5. The molecule has 3 amide bonds. The van der Waals surface area contributed by atoms with Gasteiger partial charge in [-0.3, -0.25) is 19.8 Å². The highest BCUT2D eigenvalue weighted by Gasteiger charge is 2.40. The zero-order valence-corrected chi connectivity index (χ0v) is 22.3. The highest BCUT2D eigenvalue weighted by atomic mass is 32.1. The number of methoxy groups -OCH3 is 1. The number of para-hydroxylation sites is 1. The van der Waals surface area contributed by atoms with E-state index < -0.39 is 11.9 Å². The second kappa shape index (κ2) is 10.9. The number of hydrogen-bond donors (Lipinski definition) is 4. The highest BCUT2D eigenvalue weighted by molar-refractivity contribution is 7.10. The van der Waals surface area contributed by atoms with E-state index >= 15 is 0 Å². The van der Waals surface area contributed by atoms with Crippen LogP contribution in [0.5, 0.6) is 0 Å². The monoisotopic (exact) mass is 547 g/mol. The lowest BCUT2D eigenvalue weighted by Gasteiger charge is -2.25. The molecule has 1 saturated heterocycles. The van der Waals surface area contributed by atoms with Crippen molar-refractivity contribution < 1.29 is 23.5 Å². The standard InChI is InChI=1S/C28H29N5O5S/c1-15(24-10-17(14-39-24)26(29)30)32-28(36)21-11-18(37-2)13-33(21)25(34)12-31-27(35)16-7-8-23-20(9-16)19-5-3-4-6-22(19)38-23/h3-10,14-15,18,21H,11-13H2,1-2H3,(H3,29,30)(H,31,35)(H,32,36)/t15?,18-,21+/m1/s1. The molecule has 3 heterocycles. The number of rotatable bonds is 8. The van der Waals surface area contributed by atoms with Gasteiger partial charge in [0.05, 0.1) is 18.7 Å². The Balaban J connectivity index is 1.24. The average molecular weight is 548 g/mol. The molecule has 4 aromatic rings. The van der Waals surface area contributed by atoms with Gasteiger partial charge < -0.3 is 30.4 Å². The predicted molar refractivity (Wildman–Crippen MR) is 149 cm³/mol. The Morgan fingerprint density at radius 1 is 1.15 bits per heavy atom. The van der Waals surface area contributed by atoms with Crippen LogP contribution in [0.3, 0.4) is 0 Å². The molecule has 0 aliphatic carbocycles. The number of furan rings is 1. The van der Waals surface area contributed by atoms with Crippen molar-refractivity contribution in [3.63, 3.8) is 0 Å². The number of nitrogens with two attached hydrogens (primary N) is 1. The molecule has 5 rings (SSSR count). The Labute approximate surface area is 228 Å². The smallest absolute Gasteiger partial charge is 0.251 e. The predicted octanol–water partition coefficient (Wildman–Crippen LogP) is 3.15. The molecule has 1 aliphatic rings. The van der Waals surface area contributed by atoms with Gasteiger partial charge in [0, 0.05) is 52.2 Å². The minimum absolute atomic E-state index is 0.0355. The lowest BCUT2D eigenvalue weighted by Crippen LogP contribution is -2.49. The summed E-state index contributed by atoms with van der Waals surface area (Å²) < 4.78 is 11.3. The number of ether oxygens (including phenoxy) is 1. The van der Waals surface area contributed by atoms with Gasteiger partial charge in [-0.15, -0.1) is 11.3 Å².